The lowest BCUT2D eigenvalue weighted by molar-refractivity contribution is 0.302. The summed E-state index contributed by atoms with van der Waals surface area (Å²) < 4.78 is 8.01. The lowest BCUT2D eigenvalue weighted by atomic mass is 10.3. The number of hydrogen-bond acceptors (Lipinski definition) is 3. The summed E-state index contributed by atoms with van der Waals surface area (Å²) in [6.45, 7) is 3.86. The molecular weight excluding hydrogens is 274 g/mol. The lowest BCUT2D eigenvalue weighted by Gasteiger charge is -2.09. The Kier molecular flexibility index (Phi) is 4.68. The normalized spacial score (nSPS) is 11.0. The van der Waals surface area contributed by atoms with Crippen LogP contribution in [0.1, 0.15) is 25.6 Å². The molecule has 3 rings (SSSR count). The van der Waals surface area contributed by atoms with Crippen LogP contribution in [0.25, 0.3) is 11.0 Å². The molecule has 0 aliphatic carbocycles. The van der Waals surface area contributed by atoms with Crippen molar-refractivity contribution < 1.29 is 4.74 Å². The van der Waals surface area contributed by atoms with Crippen LogP contribution in [0.2, 0.25) is 0 Å². The highest BCUT2D eigenvalue weighted by atomic mass is 16.5. The summed E-state index contributed by atoms with van der Waals surface area (Å²) in [6, 6.07) is 12.2. The highest BCUT2D eigenvalue weighted by molar-refractivity contribution is 5.75. The van der Waals surface area contributed by atoms with Crippen molar-refractivity contribution in [3.8, 4) is 5.75 Å². The molecule has 0 spiro atoms. The molecule has 0 saturated carbocycles. The summed E-state index contributed by atoms with van der Waals surface area (Å²) in [7, 11) is 0. The molecule has 0 fully saturated rings. The SMILES string of the molecule is CCc1nc2ccccc2n1CCCCOc1cccnc1. The molecule has 2 heterocycles. The van der Waals surface area contributed by atoms with Gasteiger partial charge in [0.15, 0.2) is 0 Å². The minimum Gasteiger partial charge on any atom is -0.492 e. The Bertz CT molecular complexity index is 722. The molecule has 0 amide bonds. The van der Waals surface area contributed by atoms with E-state index < -0.39 is 0 Å². The fourth-order valence-corrected chi connectivity index (χ4v) is 2.64. The highest BCUT2D eigenvalue weighted by Crippen LogP contribution is 2.17. The van der Waals surface area contributed by atoms with Gasteiger partial charge in [-0.05, 0) is 37.1 Å². The zero-order valence-electron chi connectivity index (χ0n) is 12.9. The summed E-state index contributed by atoms with van der Waals surface area (Å²) in [4.78, 5) is 8.74. The van der Waals surface area contributed by atoms with E-state index in [-0.39, 0.29) is 0 Å². The molecular formula is C18H21N3O. The number of ether oxygens (including phenoxy) is 1. The van der Waals surface area contributed by atoms with E-state index in [0.29, 0.717) is 0 Å². The second kappa shape index (κ2) is 7.07. The average Bonchev–Trinajstić information content (AvgIpc) is 2.93. The number of benzene rings is 1. The van der Waals surface area contributed by atoms with Gasteiger partial charge in [-0.3, -0.25) is 4.98 Å². The lowest BCUT2D eigenvalue weighted by Crippen LogP contribution is -2.05. The van der Waals surface area contributed by atoms with Crippen LogP contribution in [0, 0.1) is 0 Å². The summed E-state index contributed by atoms with van der Waals surface area (Å²) in [5, 5.41) is 0. The molecule has 3 aromatic rings. The molecule has 4 heteroatoms. The topological polar surface area (TPSA) is 39.9 Å². The van der Waals surface area contributed by atoms with Gasteiger partial charge in [0, 0.05) is 19.2 Å². The van der Waals surface area contributed by atoms with Crippen LogP contribution in [-0.2, 0) is 13.0 Å². The second-order valence-corrected chi connectivity index (χ2v) is 5.27. The molecule has 0 atom stereocenters. The van der Waals surface area contributed by atoms with Gasteiger partial charge >= 0.3 is 0 Å². The van der Waals surface area contributed by atoms with Crippen molar-refractivity contribution in [2.24, 2.45) is 0 Å². The third-order valence-electron chi connectivity index (χ3n) is 3.73. The molecule has 0 N–H and O–H groups in total. The van der Waals surface area contributed by atoms with Crippen molar-refractivity contribution in [3.05, 3.63) is 54.6 Å². The van der Waals surface area contributed by atoms with Crippen LogP contribution < -0.4 is 4.74 Å². The molecule has 0 radical (unpaired) electrons. The number of imidazole rings is 1. The fraction of sp³-hybridized carbons (Fsp3) is 0.333. The highest BCUT2D eigenvalue weighted by Gasteiger charge is 2.08. The van der Waals surface area contributed by atoms with E-state index in [9.17, 15) is 0 Å². The summed E-state index contributed by atoms with van der Waals surface area (Å²) in [6.07, 6.45) is 6.56. The zero-order chi connectivity index (χ0) is 15.2. The van der Waals surface area contributed by atoms with Crippen molar-refractivity contribution in [1.82, 2.24) is 14.5 Å². The minimum atomic E-state index is 0.722. The number of hydrogen-bond donors (Lipinski definition) is 0. The van der Waals surface area contributed by atoms with Gasteiger partial charge in [-0.15, -0.1) is 0 Å². The third-order valence-corrected chi connectivity index (χ3v) is 3.73. The Balaban J connectivity index is 1.55. The van der Waals surface area contributed by atoms with Crippen LogP contribution in [0.15, 0.2) is 48.8 Å². The Morgan fingerprint density at radius 3 is 2.82 bits per heavy atom. The maximum atomic E-state index is 5.68. The quantitative estimate of drug-likeness (QED) is 0.621. The van der Waals surface area contributed by atoms with Crippen LogP contribution in [0.5, 0.6) is 5.75 Å². The van der Waals surface area contributed by atoms with E-state index in [0.717, 1.165) is 49.5 Å². The number of aryl methyl sites for hydroxylation is 2. The summed E-state index contributed by atoms with van der Waals surface area (Å²) >= 11 is 0. The van der Waals surface area contributed by atoms with E-state index in [1.54, 1.807) is 12.4 Å². The molecule has 0 unspecified atom stereocenters. The van der Waals surface area contributed by atoms with Gasteiger partial charge in [0.25, 0.3) is 0 Å². The number of unbranched alkanes of at least 4 members (excludes halogenated alkanes) is 1. The number of pyridine rings is 1. The van der Waals surface area contributed by atoms with Gasteiger partial charge in [-0.2, -0.15) is 0 Å². The van der Waals surface area contributed by atoms with Crippen LogP contribution in [0.4, 0.5) is 0 Å². The van der Waals surface area contributed by atoms with Gasteiger partial charge in [0.05, 0.1) is 23.8 Å². The number of para-hydroxylation sites is 2. The molecule has 22 heavy (non-hydrogen) atoms. The number of nitrogens with zero attached hydrogens (tertiary/aromatic N) is 3. The Morgan fingerprint density at radius 2 is 2.00 bits per heavy atom. The molecule has 1 aromatic carbocycles. The first kappa shape index (κ1) is 14.6. The Labute approximate surface area is 130 Å². The standard InChI is InChI=1S/C18H21N3O/c1-2-18-20-16-9-3-4-10-17(16)21(18)12-5-6-13-22-15-8-7-11-19-14-15/h3-4,7-11,14H,2,5-6,12-13H2,1H3. The molecule has 114 valence electrons. The van der Waals surface area contributed by atoms with Gasteiger partial charge in [0.2, 0.25) is 0 Å². The molecule has 2 aromatic heterocycles. The van der Waals surface area contributed by atoms with Crippen molar-refractivity contribution in [1.29, 1.82) is 0 Å². The van der Waals surface area contributed by atoms with Crippen LogP contribution >= 0.6 is 0 Å². The van der Waals surface area contributed by atoms with Gasteiger partial charge in [-0.25, -0.2) is 4.98 Å². The number of rotatable bonds is 7. The molecule has 0 aliphatic heterocycles. The molecule has 4 nitrogen and oxygen atoms in total. The van der Waals surface area contributed by atoms with Crippen molar-refractivity contribution in [3.63, 3.8) is 0 Å². The van der Waals surface area contributed by atoms with Crippen LogP contribution in [0.3, 0.4) is 0 Å². The predicted octanol–water partition coefficient (Wildman–Crippen LogP) is 3.85. The fourth-order valence-electron chi connectivity index (χ4n) is 2.64. The number of aromatic nitrogens is 3. The van der Waals surface area contributed by atoms with Crippen molar-refractivity contribution >= 4 is 11.0 Å². The number of fused-ring (bicyclic) bond motifs is 1. The van der Waals surface area contributed by atoms with Crippen molar-refractivity contribution in [2.45, 2.75) is 32.7 Å². The van der Waals surface area contributed by atoms with E-state index in [2.05, 4.69) is 34.7 Å². The first-order chi connectivity index (χ1) is 10.9. The molecule has 0 bridgehead atoms. The third kappa shape index (κ3) is 3.27. The van der Waals surface area contributed by atoms with E-state index in [1.165, 1.54) is 5.52 Å². The maximum Gasteiger partial charge on any atom is 0.137 e. The zero-order valence-corrected chi connectivity index (χ0v) is 12.9. The largest absolute Gasteiger partial charge is 0.492 e. The minimum absolute atomic E-state index is 0.722. The Morgan fingerprint density at radius 1 is 1.09 bits per heavy atom. The van der Waals surface area contributed by atoms with E-state index in [1.807, 2.05) is 18.2 Å². The first-order valence-corrected chi connectivity index (χ1v) is 7.85. The summed E-state index contributed by atoms with van der Waals surface area (Å²) in [5.41, 5.74) is 2.32. The van der Waals surface area contributed by atoms with E-state index in [4.69, 9.17) is 9.72 Å². The second-order valence-electron chi connectivity index (χ2n) is 5.27. The summed E-state index contributed by atoms with van der Waals surface area (Å²) in [5.74, 6) is 2.00. The van der Waals surface area contributed by atoms with E-state index >= 15 is 0 Å². The van der Waals surface area contributed by atoms with Gasteiger partial charge in [0.1, 0.15) is 11.6 Å². The smallest absolute Gasteiger partial charge is 0.137 e. The van der Waals surface area contributed by atoms with Gasteiger partial charge in [-0.1, -0.05) is 19.1 Å². The molecule has 0 aliphatic rings. The van der Waals surface area contributed by atoms with Crippen molar-refractivity contribution in [2.75, 3.05) is 6.61 Å². The molecule has 0 saturated heterocycles. The first-order valence-electron chi connectivity index (χ1n) is 7.85. The monoisotopic (exact) mass is 295 g/mol. The average molecular weight is 295 g/mol. The maximum absolute atomic E-state index is 5.68. The van der Waals surface area contributed by atoms with Crippen LogP contribution in [-0.4, -0.2) is 21.1 Å². The van der Waals surface area contributed by atoms with Gasteiger partial charge < -0.3 is 9.30 Å². The Hall–Kier alpha value is -2.36. The predicted molar refractivity (Wildman–Crippen MR) is 88.1 cm³/mol.